The van der Waals surface area contributed by atoms with E-state index < -0.39 is 13.0 Å². The van der Waals surface area contributed by atoms with Gasteiger partial charge in [-0.25, -0.2) is 8.78 Å². The van der Waals surface area contributed by atoms with E-state index >= 15 is 0 Å². The van der Waals surface area contributed by atoms with E-state index in [1.54, 1.807) is 24.3 Å². The minimum Gasteiger partial charge on any atom is -0.375 e. The molecule has 108 valence electrons. The Morgan fingerprint density at radius 2 is 2.15 bits per heavy atom. The van der Waals surface area contributed by atoms with Crippen molar-refractivity contribution in [3.8, 4) is 11.8 Å². The molecule has 0 unspecified atom stereocenters. The van der Waals surface area contributed by atoms with Gasteiger partial charge in [0.1, 0.15) is 6.61 Å². The van der Waals surface area contributed by atoms with Gasteiger partial charge in [0.05, 0.1) is 25.3 Å². The summed E-state index contributed by atoms with van der Waals surface area (Å²) in [6, 6.07) is 7.02. The maximum Gasteiger partial charge on any atom is 0.261 e. The van der Waals surface area contributed by atoms with Gasteiger partial charge in [0.25, 0.3) is 6.43 Å². The fourth-order valence-electron chi connectivity index (χ4n) is 1.40. The molecule has 0 fully saturated rings. The molecule has 0 radical (unpaired) electrons. The summed E-state index contributed by atoms with van der Waals surface area (Å²) in [6.45, 7) is -0.484. The van der Waals surface area contributed by atoms with E-state index in [1.807, 2.05) is 0 Å². The number of ether oxygens (including phenoxy) is 1. The highest BCUT2D eigenvalue weighted by molar-refractivity contribution is 5.92. The van der Waals surface area contributed by atoms with Gasteiger partial charge in [-0.3, -0.25) is 4.79 Å². The van der Waals surface area contributed by atoms with Gasteiger partial charge in [-0.05, 0) is 12.1 Å². The van der Waals surface area contributed by atoms with Crippen molar-refractivity contribution in [2.45, 2.75) is 12.8 Å². The Bertz CT molecular complexity index is 495. The van der Waals surface area contributed by atoms with Crippen molar-refractivity contribution in [1.29, 1.82) is 0 Å². The summed E-state index contributed by atoms with van der Waals surface area (Å²) in [7, 11) is 0. The van der Waals surface area contributed by atoms with Crippen LogP contribution in [0.3, 0.4) is 0 Å². The van der Waals surface area contributed by atoms with Crippen molar-refractivity contribution in [3.05, 3.63) is 29.8 Å². The first-order chi connectivity index (χ1) is 9.63. The van der Waals surface area contributed by atoms with Crippen molar-refractivity contribution in [2.75, 3.05) is 25.1 Å². The van der Waals surface area contributed by atoms with Crippen molar-refractivity contribution >= 4 is 11.6 Å². The third-order valence-corrected chi connectivity index (χ3v) is 2.24. The Balaban J connectivity index is 2.49. The lowest BCUT2D eigenvalue weighted by atomic mass is 10.2. The van der Waals surface area contributed by atoms with Crippen LogP contribution in [0, 0.1) is 11.8 Å². The quantitative estimate of drug-likeness (QED) is 0.615. The largest absolute Gasteiger partial charge is 0.375 e. The Kier molecular flexibility index (Phi) is 7.25. The summed E-state index contributed by atoms with van der Waals surface area (Å²) < 4.78 is 28.3. The average Bonchev–Trinajstić information content (AvgIpc) is 2.42. The van der Waals surface area contributed by atoms with E-state index in [9.17, 15) is 13.6 Å². The third-order valence-electron chi connectivity index (χ3n) is 2.24. The molecule has 0 bridgehead atoms. The molecular formula is C14H16F2N2O2. The van der Waals surface area contributed by atoms with Crippen LogP contribution in [0.2, 0.25) is 0 Å². The normalized spacial score (nSPS) is 10.0. The molecular weight excluding hydrogens is 266 g/mol. The minimum atomic E-state index is -2.52. The summed E-state index contributed by atoms with van der Waals surface area (Å²) >= 11 is 0. The highest BCUT2D eigenvalue weighted by Crippen LogP contribution is 2.13. The van der Waals surface area contributed by atoms with Crippen LogP contribution in [-0.2, 0) is 9.53 Å². The highest BCUT2D eigenvalue weighted by Gasteiger charge is 2.07. The maximum atomic E-state index is 11.8. The summed E-state index contributed by atoms with van der Waals surface area (Å²) in [6.07, 6.45) is -2.52. The lowest BCUT2D eigenvalue weighted by Gasteiger charge is -2.07. The van der Waals surface area contributed by atoms with Crippen molar-refractivity contribution in [1.82, 2.24) is 0 Å². The van der Waals surface area contributed by atoms with Crippen LogP contribution >= 0.6 is 0 Å². The molecule has 1 aromatic carbocycles. The number of carbonyl (C=O) groups is 1. The molecule has 0 aliphatic carbocycles. The molecule has 1 rings (SSSR count). The van der Waals surface area contributed by atoms with Gasteiger partial charge in [-0.15, -0.1) is 0 Å². The van der Waals surface area contributed by atoms with Crippen molar-refractivity contribution in [3.63, 3.8) is 0 Å². The van der Waals surface area contributed by atoms with Crippen LogP contribution in [0.4, 0.5) is 14.5 Å². The molecule has 3 N–H and O–H groups in total. The minimum absolute atomic E-state index is 0.00533. The zero-order valence-corrected chi connectivity index (χ0v) is 10.9. The average molecular weight is 282 g/mol. The zero-order chi connectivity index (χ0) is 14.8. The van der Waals surface area contributed by atoms with E-state index in [4.69, 9.17) is 5.73 Å². The predicted molar refractivity (Wildman–Crippen MR) is 72.4 cm³/mol. The number of anilines is 1. The number of para-hydroxylation sites is 1. The molecule has 0 aliphatic rings. The van der Waals surface area contributed by atoms with Crippen LogP contribution in [0.1, 0.15) is 12.0 Å². The number of carbonyl (C=O) groups excluding carboxylic acids is 1. The fraction of sp³-hybridized carbons (Fsp3) is 0.357. The second-order valence-electron chi connectivity index (χ2n) is 3.82. The number of alkyl halides is 2. The number of nitrogens with one attached hydrogen (secondary N) is 1. The van der Waals surface area contributed by atoms with Crippen LogP contribution in [-0.4, -0.2) is 32.1 Å². The molecule has 0 spiro atoms. The summed E-state index contributed by atoms with van der Waals surface area (Å²) in [5.74, 6) is 5.22. The smallest absolute Gasteiger partial charge is 0.261 e. The van der Waals surface area contributed by atoms with Crippen LogP contribution in [0.5, 0.6) is 0 Å². The number of amides is 1. The molecule has 0 aromatic heterocycles. The standard InChI is InChI=1S/C14H16F2N2O2/c15-13(16)10-20-9-7-14(19)18-12-6-2-1-4-11(12)5-3-8-17/h1-2,4,6,13H,7-10,17H2,(H,18,19). The molecule has 1 amide bonds. The Hall–Kier alpha value is -1.97. The van der Waals surface area contributed by atoms with E-state index in [0.29, 0.717) is 11.3 Å². The number of hydrogen-bond acceptors (Lipinski definition) is 3. The molecule has 0 saturated heterocycles. The van der Waals surface area contributed by atoms with Gasteiger partial charge in [0, 0.05) is 5.56 Å². The first-order valence-electron chi connectivity index (χ1n) is 6.07. The number of halogens is 2. The summed E-state index contributed by atoms with van der Waals surface area (Å²) in [4.78, 5) is 11.6. The third kappa shape index (κ3) is 6.27. The van der Waals surface area contributed by atoms with Crippen LogP contribution in [0.15, 0.2) is 24.3 Å². The van der Waals surface area contributed by atoms with Gasteiger partial charge in [-0.1, -0.05) is 24.0 Å². The Morgan fingerprint density at radius 3 is 2.85 bits per heavy atom. The zero-order valence-electron chi connectivity index (χ0n) is 10.9. The molecule has 0 heterocycles. The van der Waals surface area contributed by atoms with Gasteiger partial charge >= 0.3 is 0 Å². The van der Waals surface area contributed by atoms with E-state index in [0.717, 1.165) is 0 Å². The van der Waals surface area contributed by atoms with Crippen LogP contribution in [0.25, 0.3) is 0 Å². The Morgan fingerprint density at radius 1 is 1.40 bits per heavy atom. The molecule has 0 atom stereocenters. The number of hydrogen-bond donors (Lipinski definition) is 2. The van der Waals surface area contributed by atoms with E-state index in [2.05, 4.69) is 21.9 Å². The first kappa shape index (κ1) is 16.1. The highest BCUT2D eigenvalue weighted by atomic mass is 19.3. The SMILES string of the molecule is NCC#Cc1ccccc1NC(=O)CCOCC(F)F. The molecule has 0 aliphatic heterocycles. The van der Waals surface area contributed by atoms with Crippen molar-refractivity contribution in [2.24, 2.45) is 5.73 Å². The second kappa shape index (κ2) is 9.02. The Labute approximate surface area is 116 Å². The lowest BCUT2D eigenvalue weighted by Crippen LogP contribution is -2.16. The fourth-order valence-corrected chi connectivity index (χ4v) is 1.40. The van der Waals surface area contributed by atoms with Crippen molar-refractivity contribution < 1.29 is 18.3 Å². The number of benzene rings is 1. The van der Waals surface area contributed by atoms with Crippen LogP contribution < -0.4 is 11.1 Å². The molecule has 0 saturated carbocycles. The lowest BCUT2D eigenvalue weighted by molar-refractivity contribution is -0.117. The van der Waals surface area contributed by atoms with Gasteiger partial charge in [-0.2, -0.15) is 0 Å². The van der Waals surface area contributed by atoms with Gasteiger partial charge in [0.15, 0.2) is 0 Å². The number of nitrogens with two attached hydrogens (primary N) is 1. The molecule has 4 nitrogen and oxygen atoms in total. The number of rotatable bonds is 6. The second-order valence-corrected chi connectivity index (χ2v) is 3.82. The summed E-state index contributed by atoms with van der Waals surface area (Å²) in [5.41, 5.74) is 6.51. The van der Waals surface area contributed by atoms with E-state index in [1.165, 1.54) is 0 Å². The predicted octanol–water partition coefficient (Wildman–Crippen LogP) is 1.61. The van der Waals surface area contributed by atoms with Gasteiger partial charge in [0.2, 0.25) is 5.91 Å². The first-order valence-corrected chi connectivity index (χ1v) is 6.07. The summed E-state index contributed by atoms with van der Waals surface area (Å²) in [5, 5.41) is 2.66. The van der Waals surface area contributed by atoms with E-state index in [-0.39, 0.29) is 25.5 Å². The molecule has 20 heavy (non-hydrogen) atoms. The van der Waals surface area contributed by atoms with Gasteiger partial charge < -0.3 is 15.8 Å². The monoisotopic (exact) mass is 282 g/mol. The maximum absolute atomic E-state index is 11.8. The molecule has 6 heteroatoms. The topological polar surface area (TPSA) is 64.3 Å². The molecule has 1 aromatic rings.